The molecule has 3 atom stereocenters. The Hall–Kier alpha value is -6.27. The predicted molar refractivity (Wildman–Crippen MR) is 266 cm³/mol. The van der Waals surface area contributed by atoms with E-state index >= 15 is 0 Å². The minimum absolute atomic E-state index is 0.0636. The molecular formula is C54H70N6O6. The molecule has 5 rings (SSSR count). The van der Waals surface area contributed by atoms with Gasteiger partial charge in [-0.25, -0.2) is 0 Å². The molecule has 5 aromatic rings. The highest BCUT2D eigenvalue weighted by atomic mass is 16.5. The van der Waals surface area contributed by atoms with Crippen molar-refractivity contribution in [3.05, 3.63) is 109 Å². The summed E-state index contributed by atoms with van der Waals surface area (Å²) in [6, 6.07) is 32.8. The molecule has 0 saturated carbocycles. The maximum Gasteiger partial charge on any atom is 0.224 e. The summed E-state index contributed by atoms with van der Waals surface area (Å²) < 4.78 is 13.0. The Kier molecular flexibility index (Phi) is 20.0. The molecule has 352 valence electrons. The van der Waals surface area contributed by atoms with Gasteiger partial charge in [-0.2, -0.15) is 0 Å². The molecule has 0 saturated heterocycles. The fourth-order valence-electron chi connectivity index (χ4n) is 8.29. The van der Waals surface area contributed by atoms with Crippen LogP contribution in [-0.4, -0.2) is 61.7 Å². The summed E-state index contributed by atoms with van der Waals surface area (Å²) in [5.41, 5.74) is 19.7. The van der Waals surface area contributed by atoms with E-state index in [9.17, 15) is 19.2 Å². The molecule has 66 heavy (non-hydrogen) atoms. The Morgan fingerprint density at radius 3 is 1.86 bits per heavy atom. The van der Waals surface area contributed by atoms with Crippen LogP contribution in [0, 0.1) is 23.7 Å². The zero-order chi connectivity index (χ0) is 47.4. The highest BCUT2D eigenvalue weighted by Crippen LogP contribution is 2.45. The van der Waals surface area contributed by atoms with Gasteiger partial charge in [0.2, 0.25) is 11.8 Å². The van der Waals surface area contributed by atoms with Crippen LogP contribution in [0.2, 0.25) is 0 Å². The number of Topliss-reactive ketones (excluding diaryl/α,β-unsaturated/α-hetero) is 2. The van der Waals surface area contributed by atoms with Crippen LogP contribution in [0.15, 0.2) is 108 Å². The number of nitrogens with zero attached hydrogens (tertiary/aromatic N) is 1. The molecule has 0 heterocycles. The first-order valence-electron chi connectivity index (χ1n) is 23.6. The monoisotopic (exact) mass is 899 g/mol. The van der Waals surface area contributed by atoms with Crippen molar-refractivity contribution >= 4 is 50.9 Å². The van der Waals surface area contributed by atoms with E-state index in [0.717, 1.165) is 50.4 Å². The van der Waals surface area contributed by atoms with Crippen LogP contribution in [0.5, 0.6) is 11.5 Å². The van der Waals surface area contributed by atoms with Crippen molar-refractivity contribution in [3.8, 4) is 22.6 Å². The van der Waals surface area contributed by atoms with Crippen LogP contribution in [-0.2, 0) is 25.7 Å². The number of carbonyl (C=O) groups excluding carboxylic acids is 4. The molecule has 0 unspecified atom stereocenters. The van der Waals surface area contributed by atoms with Gasteiger partial charge in [-0.15, -0.1) is 0 Å². The molecule has 0 aliphatic carbocycles. The Morgan fingerprint density at radius 2 is 1.26 bits per heavy atom. The van der Waals surface area contributed by atoms with E-state index in [1.54, 1.807) is 0 Å². The second-order valence-corrected chi connectivity index (χ2v) is 18.1. The summed E-state index contributed by atoms with van der Waals surface area (Å²) in [6.45, 7) is 9.64. The third kappa shape index (κ3) is 15.4. The number of hydrogen-bond donors (Lipinski definition) is 5. The lowest BCUT2D eigenvalue weighted by molar-refractivity contribution is -0.134. The van der Waals surface area contributed by atoms with Crippen molar-refractivity contribution in [2.75, 3.05) is 26.3 Å². The van der Waals surface area contributed by atoms with Gasteiger partial charge >= 0.3 is 0 Å². The Morgan fingerprint density at radius 1 is 0.636 bits per heavy atom. The summed E-state index contributed by atoms with van der Waals surface area (Å²) in [5, 5.41) is 9.99. The van der Waals surface area contributed by atoms with Gasteiger partial charge in [0.25, 0.3) is 0 Å². The average Bonchev–Trinajstić information content (AvgIpc) is 3.30. The van der Waals surface area contributed by atoms with Crippen LogP contribution < -0.4 is 37.3 Å². The second-order valence-electron chi connectivity index (χ2n) is 18.1. The van der Waals surface area contributed by atoms with Crippen LogP contribution in [0.1, 0.15) is 91.0 Å². The maximum absolute atomic E-state index is 14.3. The van der Waals surface area contributed by atoms with Crippen molar-refractivity contribution in [3.63, 3.8) is 0 Å². The normalized spacial score (nSPS) is 12.7. The van der Waals surface area contributed by atoms with E-state index in [4.69, 9.17) is 26.7 Å². The summed E-state index contributed by atoms with van der Waals surface area (Å²) in [5.74, 6) is -0.751. The van der Waals surface area contributed by atoms with Crippen LogP contribution in [0.25, 0.3) is 32.7 Å². The molecule has 0 bridgehead atoms. The standard InChI is InChI=1S/C54H70N6O6/c1-36(2)27-30-65-48-25-23-39-17-8-10-20-44(39)50(48)51-45-21-11-9-18-40(45)24-26-49(51)66-35-43(61)32-41(19-12-13-28-55)53(64)60-46(22-14-29-58-54(56)57)47(62)33-42(31-37(3)4)52(63)59-34-38-15-6-5-7-16-38/h5-11,15-18,20-21,23-26,36-37,41-42,46H,12-14,19,22,27-35,55H2,1-4H3,(H,59,63)(H,60,64)(H4,56,57,58)/t41-,42+,46+/m0/s1. The number of hydrogen-bond acceptors (Lipinski definition) is 8. The zero-order valence-corrected chi connectivity index (χ0v) is 39.2. The summed E-state index contributed by atoms with van der Waals surface area (Å²) in [6.07, 6.45) is 3.52. The number of carbonyl (C=O) groups is 4. The largest absolute Gasteiger partial charge is 0.493 e. The second kappa shape index (κ2) is 26.0. The molecule has 12 nitrogen and oxygen atoms in total. The summed E-state index contributed by atoms with van der Waals surface area (Å²) >= 11 is 0. The van der Waals surface area contributed by atoms with Crippen molar-refractivity contribution < 1.29 is 28.7 Å². The molecule has 0 aromatic heterocycles. The molecule has 5 aromatic carbocycles. The number of aliphatic imine (C=N–C) groups is 1. The number of guanidine groups is 1. The van der Waals surface area contributed by atoms with Gasteiger partial charge in [-0.3, -0.25) is 24.2 Å². The van der Waals surface area contributed by atoms with E-state index < -0.39 is 23.8 Å². The van der Waals surface area contributed by atoms with Crippen molar-refractivity contribution in [1.29, 1.82) is 0 Å². The molecular weight excluding hydrogens is 829 g/mol. The minimum atomic E-state index is -0.926. The first-order chi connectivity index (χ1) is 31.8. The fraction of sp³-hybridized carbons (Fsp3) is 0.426. The highest BCUT2D eigenvalue weighted by molar-refractivity contribution is 6.10. The van der Waals surface area contributed by atoms with Gasteiger partial charge in [-0.1, -0.05) is 125 Å². The number of amides is 2. The lowest BCUT2D eigenvalue weighted by atomic mass is 9.88. The van der Waals surface area contributed by atoms with Gasteiger partial charge in [0.1, 0.15) is 18.1 Å². The van der Waals surface area contributed by atoms with Crippen LogP contribution >= 0.6 is 0 Å². The number of nitrogens with two attached hydrogens (primary N) is 3. The maximum atomic E-state index is 14.3. The number of ether oxygens (including phenoxy) is 2. The zero-order valence-electron chi connectivity index (χ0n) is 39.2. The molecule has 0 aliphatic heterocycles. The molecule has 8 N–H and O–H groups in total. The molecule has 0 radical (unpaired) electrons. The Labute approximate surface area is 390 Å². The van der Waals surface area contributed by atoms with Gasteiger partial charge in [-0.05, 0) is 96.1 Å². The molecule has 0 spiro atoms. The van der Waals surface area contributed by atoms with Gasteiger partial charge < -0.3 is 37.3 Å². The number of fused-ring (bicyclic) bond motifs is 2. The number of ketones is 2. The third-order valence-corrected chi connectivity index (χ3v) is 11.8. The van der Waals surface area contributed by atoms with E-state index in [0.29, 0.717) is 63.5 Å². The number of nitrogens with one attached hydrogen (secondary N) is 2. The Balaban J connectivity index is 1.37. The lowest BCUT2D eigenvalue weighted by Crippen LogP contribution is -2.45. The van der Waals surface area contributed by atoms with Crippen molar-refractivity contribution in [2.45, 2.75) is 98.1 Å². The molecule has 2 amide bonds. The minimum Gasteiger partial charge on any atom is -0.493 e. The van der Waals surface area contributed by atoms with E-state index in [-0.39, 0.29) is 61.8 Å². The predicted octanol–water partition coefficient (Wildman–Crippen LogP) is 8.64. The number of rotatable bonds is 28. The summed E-state index contributed by atoms with van der Waals surface area (Å²) in [4.78, 5) is 60.1. The first-order valence-corrected chi connectivity index (χ1v) is 23.6. The Bertz CT molecular complexity index is 2400. The van der Waals surface area contributed by atoms with Crippen LogP contribution in [0.3, 0.4) is 0 Å². The highest BCUT2D eigenvalue weighted by Gasteiger charge is 2.31. The van der Waals surface area contributed by atoms with Gasteiger partial charge in [0, 0.05) is 48.9 Å². The van der Waals surface area contributed by atoms with E-state index in [1.807, 2.05) is 98.8 Å². The molecule has 12 heteroatoms. The summed E-state index contributed by atoms with van der Waals surface area (Å²) in [7, 11) is 0. The number of unbranched alkanes of at least 4 members (excludes halogenated alkanes) is 1. The topological polar surface area (TPSA) is 201 Å². The third-order valence-electron chi connectivity index (χ3n) is 11.8. The fourth-order valence-corrected chi connectivity index (χ4v) is 8.29. The van der Waals surface area contributed by atoms with E-state index in [1.165, 1.54) is 0 Å². The molecule has 0 fully saturated rings. The average molecular weight is 899 g/mol. The van der Waals surface area contributed by atoms with Crippen molar-refractivity contribution in [2.24, 2.45) is 45.9 Å². The first kappa shape index (κ1) is 50.7. The quantitative estimate of drug-likeness (QED) is 0.0185. The van der Waals surface area contributed by atoms with Crippen molar-refractivity contribution in [1.82, 2.24) is 10.6 Å². The van der Waals surface area contributed by atoms with Crippen LogP contribution in [0.4, 0.5) is 0 Å². The SMILES string of the molecule is CC(C)CCOc1ccc2ccccc2c1-c1c(OCC(=O)C[C@H](CCCCN)C(=O)N[C@H](CCCN=C(N)N)C(=O)C[C@@H](CC(C)C)C(=O)NCc2ccccc2)ccc2ccccc12. The smallest absolute Gasteiger partial charge is 0.224 e. The van der Waals surface area contributed by atoms with E-state index in [2.05, 4.69) is 47.7 Å². The number of benzene rings is 5. The molecule has 0 aliphatic rings. The van der Waals surface area contributed by atoms with Gasteiger partial charge in [0.05, 0.1) is 12.6 Å². The lowest BCUT2D eigenvalue weighted by Gasteiger charge is -2.24. The van der Waals surface area contributed by atoms with Gasteiger partial charge in [0.15, 0.2) is 17.5 Å².